The molecule has 0 aliphatic heterocycles. The quantitative estimate of drug-likeness (QED) is 0.0633. The molecule has 3 unspecified atom stereocenters. The van der Waals surface area contributed by atoms with Crippen LogP contribution in [0, 0.1) is 29.5 Å². The molecule has 0 radical (unpaired) electrons. The number of benzene rings is 5. The smallest absolute Gasteiger partial charge is 0.307 e. The van der Waals surface area contributed by atoms with Gasteiger partial charge < -0.3 is 24.8 Å². The second kappa shape index (κ2) is 26.6. The fraction of sp³-hybridized carbons (Fsp3) is 0.321. The fourth-order valence-electron chi connectivity index (χ4n) is 7.60. The molecule has 65 heavy (non-hydrogen) atoms. The molecule has 0 aromatic heterocycles. The maximum Gasteiger partial charge on any atom is 0.307 e. The SMILES string of the molecule is COc1ccc(C(=O)CC(CC2CCCCC2)C(=O)O)cc1.COc1ccc(C(=O)CC(Cc2ccccc2)C(=O)O)cc1.O=C(CC(Cc1ccccc1)C(=O)O)c1ccc(F)cc1. The summed E-state index contributed by atoms with van der Waals surface area (Å²) in [7, 11) is 3.12. The maximum atomic E-state index is 12.8. The highest BCUT2D eigenvalue weighted by molar-refractivity contribution is 5.99. The molecule has 1 aliphatic rings. The van der Waals surface area contributed by atoms with E-state index in [-0.39, 0.29) is 36.6 Å². The molecule has 0 heterocycles. The Bertz CT molecular complexity index is 2270. The number of carbonyl (C=O) groups excluding carboxylic acids is 3. The summed E-state index contributed by atoms with van der Waals surface area (Å²) in [6, 6.07) is 37.2. The van der Waals surface area contributed by atoms with Gasteiger partial charge in [-0.05, 0) is 109 Å². The Labute approximate surface area is 379 Å². The number of rotatable bonds is 20. The largest absolute Gasteiger partial charge is 0.497 e. The van der Waals surface area contributed by atoms with Gasteiger partial charge in [0.25, 0.3) is 0 Å². The normalized spacial score (nSPS) is 13.5. The molecule has 1 aliphatic carbocycles. The number of ether oxygens (including phenoxy) is 2. The third kappa shape index (κ3) is 17.6. The first-order valence-corrected chi connectivity index (χ1v) is 21.7. The Kier molecular flexibility index (Phi) is 20.8. The standard InChI is InChI=1S/C18H24O4.C18H18O4.C17H15FO3/c2*1-22-16-9-7-14(8-10-16)17(19)12-15(18(20)21)11-13-5-3-2-4-6-13;18-15-8-6-13(7-9-15)16(19)11-14(17(20)21)10-12-4-2-1-3-5-12/h7-10,13,15H,2-6,11-12H2,1H3,(H,20,21);2-10,15H,11-12H2,1H3,(H,20,21);1-9,14H,10-11H2,(H,20,21). The number of carbonyl (C=O) groups is 6. The van der Waals surface area contributed by atoms with Crippen molar-refractivity contribution in [1.29, 1.82) is 0 Å². The highest BCUT2D eigenvalue weighted by Gasteiger charge is 2.27. The van der Waals surface area contributed by atoms with Crippen molar-refractivity contribution in [3.05, 3.63) is 167 Å². The number of ketones is 3. The van der Waals surface area contributed by atoms with Crippen molar-refractivity contribution in [3.8, 4) is 11.5 Å². The van der Waals surface area contributed by atoms with Gasteiger partial charge in [0.1, 0.15) is 17.3 Å². The monoisotopic (exact) mass is 888 g/mol. The number of carboxylic acid groups (broad SMARTS) is 3. The van der Waals surface area contributed by atoms with Crippen molar-refractivity contribution >= 4 is 35.3 Å². The molecule has 0 saturated heterocycles. The first-order valence-electron chi connectivity index (χ1n) is 21.7. The lowest BCUT2D eigenvalue weighted by Gasteiger charge is -2.24. The molecule has 12 heteroatoms. The second-order valence-electron chi connectivity index (χ2n) is 16.1. The van der Waals surface area contributed by atoms with Crippen LogP contribution in [0.1, 0.15) is 100.0 Å². The van der Waals surface area contributed by atoms with Gasteiger partial charge >= 0.3 is 17.9 Å². The number of Topliss-reactive ketones (excluding diaryl/α,β-unsaturated/α-hetero) is 3. The summed E-state index contributed by atoms with van der Waals surface area (Å²) in [5, 5.41) is 28.0. The lowest BCUT2D eigenvalue weighted by molar-refractivity contribution is -0.143. The predicted octanol–water partition coefficient (Wildman–Crippen LogP) is 10.5. The van der Waals surface area contributed by atoms with Crippen LogP contribution in [-0.2, 0) is 27.2 Å². The minimum atomic E-state index is -1.01. The fourth-order valence-corrected chi connectivity index (χ4v) is 7.60. The number of halogens is 1. The van der Waals surface area contributed by atoms with Crippen LogP contribution < -0.4 is 9.47 Å². The van der Waals surface area contributed by atoms with Crippen LogP contribution in [0.5, 0.6) is 11.5 Å². The average Bonchev–Trinajstić information content (AvgIpc) is 3.32. The Hall–Kier alpha value is -6.95. The van der Waals surface area contributed by atoms with Crippen LogP contribution in [-0.4, -0.2) is 64.8 Å². The van der Waals surface area contributed by atoms with E-state index in [4.69, 9.17) is 9.47 Å². The summed E-state index contributed by atoms with van der Waals surface area (Å²) in [6.07, 6.45) is 7.04. The molecule has 5 aromatic rings. The van der Waals surface area contributed by atoms with Gasteiger partial charge in [-0.3, -0.25) is 28.8 Å². The van der Waals surface area contributed by atoms with Crippen LogP contribution in [0.25, 0.3) is 0 Å². The van der Waals surface area contributed by atoms with Crippen LogP contribution >= 0.6 is 0 Å². The number of aliphatic carboxylic acids is 3. The minimum absolute atomic E-state index is 0.0173. The van der Waals surface area contributed by atoms with Crippen LogP contribution in [0.2, 0.25) is 0 Å². The Balaban J connectivity index is 0.000000213. The van der Waals surface area contributed by atoms with Crippen molar-refractivity contribution in [1.82, 2.24) is 0 Å². The summed E-state index contributed by atoms with van der Waals surface area (Å²) in [5.74, 6) is -4.09. The number of hydrogen-bond acceptors (Lipinski definition) is 8. The van der Waals surface area contributed by atoms with E-state index in [9.17, 15) is 48.5 Å². The number of hydrogen-bond donors (Lipinski definition) is 3. The zero-order valence-electron chi connectivity index (χ0n) is 36.8. The van der Waals surface area contributed by atoms with E-state index >= 15 is 0 Å². The van der Waals surface area contributed by atoms with Crippen molar-refractivity contribution in [2.75, 3.05) is 14.2 Å². The molecule has 5 aromatic carbocycles. The predicted molar refractivity (Wildman–Crippen MR) is 244 cm³/mol. The van der Waals surface area contributed by atoms with Crippen LogP contribution in [0.4, 0.5) is 4.39 Å². The lowest BCUT2D eigenvalue weighted by atomic mass is 9.81. The van der Waals surface area contributed by atoms with E-state index in [1.165, 1.54) is 43.5 Å². The number of carboxylic acids is 3. The average molecular weight is 889 g/mol. The zero-order chi connectivity index (χ0) is 47.1. The first-order chi connectivity index (χ1) is 31.3. The lowest BCUT2D eigenvalue weighted by Crippen LogP contribution is -2.22. The Morgan fingerprint density at radius 3 is 1.17 bits per heavy atom. The third-order valence-electron chi connectivity index (χ3n) is 11.3. The number of methoxy groups -OCH3 is 2. The van der Waals surface area contributed by atoms with Crippen molar-refractivity contribution in [3.63, 3.8) is 0 Å². The summed E-state index contributed by atoms with van der Waals surface area (Å²) in [5.41, 5.74) is 3.17. The molecule has 3 atom stereocenters. The van der Waals surface area contributed by atoms with Crippen LogP contribution in [0.3, 0.4) is 0 Å². The van der Waals surface area contributed by atoms with E-state index in [2.05, 4.69) is 0 Å². The molecule has 1 saturated carbocycles. The maximum absolute atomic E-state index is 12.8. The van der Waals surface area contributed by atoms with Crippen LogP contribution in [0.15, 0.2) is 133 Å². The van der Waals surface area contributed by atoms with Crippen molar-refractivity contribution in [2.24, 2.45) is 23.7 Å². The van der Waals surface area contributed by atoms with Gasteiger partial charge in [0.15, 0.2) is 17.3 Å². The second-order valence-corrected chi connectivity index (χ2v) is 16.1. The van der Waals surface area contributed by atoms with E-state index in [0.717, 1.165) is 24.0 Å². The molecule has 0 spiro atoms. The Morgan fingerprint density at radius 2 is 0.831 bits per heavy atom. The van der Waals surface area contributed by atoms with E-state index in [0.29, 0.717) is 53.4 Å². The highest BCUT2D eigenvalue weighted by Crippen LogP contribution is 2.31. The van der Waals surface area contributed by atoms with E-state index in [1.54, 1.807) is 62.8 Å². The highest BCUT2D eigenvalue weighted by atomic mass is 19.1. The summed E-state index contributed by atoms with van der Waals surface area (Å²) in [4.78, 5) is 70.8. The van der Waals surface area contributed by atoms with Gasteiger partial charge in [-0.1, -0.05) is 92.8 Å². The van der Waals surface area contributed by atoms with Gasteiger partial charge in [0, 0.05) is 36.0 Å². The van der Waals surface area contributed by atoms with Gasteiger partial charge in [-0.2, -0.15) is 0 Å². The van der Waals surface area contributed by atoms with Crippen molar-refractivity contribution in [2.45, 2.75) is 70.6 Å². The Morgan fingerprint density at radius 1 is 0.492 bits per heavy atom. The summed E-state index contributed by atoms with van der Waals surface area (Å²) >= 11 is 0. The summed E-state index contributed by atoms with van der Waals surface area (Å²) < 4.78 is 22.9. The molecule has 11 nitrogen and oxygen atoms in total. The molecule has 6 rings (SSSR count). The molecular weight excluding hydrogens is 832 g/mol. The molecule has 3 N–H and O–H groups in total. The molecule has 342 valence electrons. The molecule has 0 bridgehead atoms. The first kappa shape index (κ1) is 50.7. The molecule has 1 fully saturated rings. The van der Waals surface area contributed by atoms with Gasteiger partial charge in [0.2, 0.25) is 0 Å². The topological polar surface area (TPSA) is 182 Å². The summed E-state index contributed by atoms with van der Waals surface area (Å²) in [6.45, 7) is 0. The zero-order valence-corrected chi connectivity index (χ0v) is 36.8. The van der Waals surface area contributed by atoms with E-state index in [1.807, 2.05) is 60.7 Å². The molecular formula is C53H57FO11. The minimum Gasteiger partial charge on any atom is -0.497 e. The van der Waals surface area contributed by atoms with Crippen molar-refractivity contribution < 1.29 is 58.0 Å². The molecule has 0 amide bonds. The van der Waals surface area contributed by atoms with E-state index < -0.39 is 41.5 Å². The van der Waals surface area contributed by atoms with Gasteiger partial charge in [-0.25, -0.2) is 4.39 Å². The third-order valence-corrected chi connectivity index (χ3v) is 11.3. The van der Waals surface area contributed by atoms with Gasteiger partial charge in [-0.15, -0.1) is 0 Å². The van der Waals surface area contributed by atoms with Gasteiger partial charge in [0.05, 0.1) is 32.0 Å².